The van der Waals surface area contributed by atoms with Gasteiger partial charge in [-0.1, -0.05) is 140 Å². The Morgan fingerprint density at radius 1 is 0.377 bits per heavy atom. The average Bonchev–Trinajstić information content (AvgIpc) is 4.05. The SMILES string of the molecule is c1ccc(N(c2ccccc2)c2ccc3c(c2)C2(c4ccccc4-c4ccc(N(c5ccccc5)c5cccc6c5sc5ccccc56)cc42)c2oc4ccccc4c2-3)cc1. The van der Waals surface area contributed by atoms with E-state index in [2.05, 4.69) is 228 Å². The van der Waals surface area contributed by atoms with Gasteiger partial charge in [0.25, 0.3) is 0 Å². The second-order valence-electron chi connectivity index (χ2n) is 16.0. The molecular formula is C57H36N2OS. The van der Waals surface area contributed by atoms with Gasteiger partial charge in [0.1, 0.15) is 16.8 Å². The summed E-state index contributed by atoms with van der Waals surface area (Å²) in [5.41, 5.74) is 15.3. The minimum absolute atomic E-state index is 0.730. The molecular weight excluding hydrogens is 761 g/mol. The zero-order valence-electron chi connectivity index (χ0n) is 33.0. The Bertz CT molecular complexity index is 3460. The van der Waals surface area contributed by atoms with Crippen molar-refractivity contribution in [3.63, 3.8) is 0 Å². The standard InChI is InChI=1S/C57H36N2OS/c1-4-17-37(18-5-1)58(38-19-6-2-7-20-38)40-32-34-46-50(35-40)57(56-54(46)47-25-11-14-29-52(47)60-56)48-27-13-10-23-42(48)43-33-31-41(36-49(43)57)59(39-21-8-3-9-22-39)51-28-16-26-45-44-24-12-15-30-53(44)61-55(45)51/h1-36H. The molecule has 4 heteroatoms. The van der Waals surface area contributed by atoms with E-state index >= 15 is 0 Å². The first-order valence-electron chi connectivity index (χ1n) is 20.8. The van der Waals surface area contributed by atoms with Crippen LogP contribution in [0.25, 0.3) is 53.4 Å². The molecule has 13 rings (SSSR count). The van der Waals surface area contributed by atoms with Crippen LogP contribution < -0.4 is 9.80 Å². The Hall–Kier alpha value is -7.66. The molecule has 0 saturated heterocycles. The second-order valence-corrected chi connectivity index (χ2v) is 17.0. The van der Waals surface area contributed by atoms with Crippen molar-refractivity contribution < 1.29 is 4.42 Å². The minimum atomic E-state index is -0.730. The molecule has 1 spiro atoms. The van der Waals surface area contributed by atoms with Crippen LogP contribution in [0.5, 0.6) is 0 Å². The molecule has 286 valence electrons. The van der Waals surface area contributed by atoms with E-state index in [9.17, 15) is 0 Å². The van der Waals surface area contributed by atoms with Crippen molar-refractivity contribution in [1.82, 2.24) is 0 Å². The number of anilines is 6. The van der Waals surface area contributed by atoms with Gasteiger partial charge in [-0.25, -0.2) is 0 Å². The molecule has 3 nitrogen and oxygen atoms in total. The Labute approximate surface area is 357 Å². The molecule has 0 radical (unpaired) electrons. The first-order chi connectivity index (χ1) is 30.3. The molecule has 9 aromatic carbocycles. The molecule has 1 atom stereocenters. The molecule has 61 heavy (non-hydrogen) atoms. The van der Waals surface area contributed by atoms with Gasteiger partial charge in [-0.05, 0) is 112 Å². The second kappa shape index (κ2) is 13.2. The summed E-state index contributed by atoms with van der Waals surface area (Å²) in [4.78, 5) is 4.82. The van der Waals surface area contributed by atoms with Crippen molar-refractivity contribution in [2.24, 2.45) is 0 Å². The Morgan fingerprint density at radius 2 is 0.918 bits per heavy atom. The lowest BCUT2D eigenvalue weighted by Crippen LogP contribution is -2.26. The fourth-order valence-corrected chi connectivity index (χ4v) is 11.6. The molecule has 0 amide bonds. The Balaban J connectivity index is 1.11. The molecule has 0 N–H and O–H groups in total. The van der Waals surface area contributed by atoms with E-state index in [0.29, 0.717) is 0 Å². The Morgan fingerprint density at radius 3 is 1.66 bits per heavy atom. The molecule has 2 aliphatic rings. The highest BCUT2D eigenvalue weighted by Gasteiger charge is 2.55. The van der Waals surface area contributed by atoms with Crippen molar-refractivity contribution in [1.29, 1.82) is 0 Å². The number of fused-ring (bicyclic) bond motifs is 15. The minimum Gasteiger partial charge on any atom is -0.459 e. The maximum absolute atomic E-state index is 7.25. The molecule has 2 aromatic heterocycles. The van der Waals surface area contributed by atoms with Crippen LogP contribution in [0.3, 0.4) is 0 Å². The highest BCUT2D eigenvalue weighted by Crippen LogP contribution is 2.66. The highest BCUT2D eigenvalue weighted by atomic mass is 32.1. The van der Waals surface area contributed by atoms with Crippen molar-refractivity contribution in [2.45, 2.75) is 5.41 Å². The number of nitrogens with zero attached hydrogens (tertiary/aromatic N) is 2. The molecule has 0 aliphatic heterocycles. The summed E-state index contributed by atoms with van der Waals surface area (Å²) in [7, 11) is 0. The van der Waals surface area contributed by atoms with Crippen molar-refractivity contribution in [3.8, 4) is 22.3 Å². The van der Waals surface area contributed by atoms with Crippen LogP contribution in [0.2, 0.25) is 0 Å². The first kappa shape index (κ1) is 34.2. The van der Waals surface area contributed by atoms with E-state index in [-0.39, 0.29) is 0 Å². The number of furan rings is 1. The lowest BCUT2D eigenvalue weighted by Gasteiger charge is -2.32. The topological polar surface area (TPSA) is 19.6 Å². The number of hydrogen-bond acceptors (Lipinski definition) is 4. The third kappa shape index (κ3) is 4.85. The quantitative estimate of drug-likeness (QED) is 0.167. The van der Waals surface area contributed by atoms with Crippen molar-refractivity contribution >= 4 is 76.6 Å². The normalized spacial score (nSPS) is 14.6. The van der Waals surface area contributed by atoms with Crippen LogP contribution in [0.4, 0.5) is 34.1 Å². The van der Waals surface area contributed by atoms with E-state index in [1.54, 1.807) is 0 Å². The third-order valence-electron chi connectivity index (χ3n) is 12.8. The van der Waals surface area contributed by atoms with Crippen LogP contribution >= 0.6 is 11.3 Å². The van der Waals surface area contributed by atoms with E-state index in [4.69, 9.17) is 4.42 Å². The van der Waals surface area contributed by atoms with Crippen LogP contribution in [-0.2, 0) is 5.41 Å². The maximum atomic E-state index is 7.25. The molecule has 2 aliphatic carbocycles. The van der Waals surface area contributed by atoms with Crippen LogP contribution in [-0.4, -0.2) is 0 Å². The van der Waals surface area contributed by atoms with Gasteiger partial charge in [-0.3, -0.25) is 0 Å². The molecule has 0 fully saturated rings. The Kier molecular flexibility index (Phi) is 7.39. The average molecular weight is 797 g/mol. The smallest absolute Gasteiger partial charge is 0.135 e. The molecule has 0 bridgehead atoms. The number of hydrogen-bond donors (Lipinski definition) is 0. The van der Waals surface area contributed by atoms with Gasteiger partial charge >= 0.3 is 0 Å². The van der Waals surface area contributed by atoms with Gasteiger partial charge < -0.3 is 14.2 Å². The predicted molar refractivity (Wildman–Crippen MR) is 255 cm³/mol. The lowest BCUT2D eigenvalue weighted by atomic mass is 9.73. The summed E-state index contributed by atoms with van der Waals surface area (Å²) in [6.07, 6.45) is 0. The van der Waals surface area contributed by atoms with Crippen LogP contribution in [0.1, 0.15) is 22.5 Å². The van der Waals surface area contributed by atoms with Gasteiger partial charge in [-0.2, -0.15) is 0 Å². The van der Waals surface area contributed by atoms with Crippen LogP contribution in [0.15, 0.2) is 223 Å². The van der Waals surface area contributed by atoms with Gasteiger partial charge in [0.2, 0.25) is 0 Å². The molecule has 1 unspecified atom stereocenters. The first-order valence-corrected chi connectivity index (χ1v) is 21.7. The van der Waals surface area contributed by atoms with Gasteiger partial charge in [0.05, 0.1) is 10.4 Å². The fraction of sp³-hybridized carbons (Fsp3) is 0.0175. The molecule has 11 aromatic rings. The van der Waals surface area contributed by atoms with E-state index in [1.165, 1.54) is 59.1 Å². The van der Waals surface area contributed by atoms with Gasteiger partial charge in [-0.15, -0.1) is 11.3 Å². The molecule has 0 saturated carbocycles. The van der Waals surface area contributed by atoms with Gasteiger partial charge in [0, 0.05) is 54.9 Å². The largest absolute Gasteiger partial charge is 0.459 e. The van der Waals surface area contributed by atoms with E-state index in [0.717, 1.165) is 50.9 Å². The monoisotopic (exact) mass is 796 g/mol. The number of rotatable bonds is 6. The van der Waals surface area contributed by atoms with Crippen LogP contribution in [0, 0.1) is 0 Å². The predicted octanol–water partition coefficient (Wildman–Crippen LogP) is 16.1. The third-order valence-corrected chi connectivity index (χ3v) is 14.0. The molecule has 2 heterocycles. The number of thiophene rings is 1. The summed E-state index contributed by atoms with van der Waals surface area (Å²) >= 11 is 1.86. The number of para-hydroxylation sites is 4. The summed E-state index contributed by atoms with van der Waals surface area (Å²) in [6, 6.07) is 79.4. The van der Waals surface area contributed by atoms with E-state index < -0.39 is 5.41 Å². The van der Waals surface area contributed by atoms with E-state index in [1.807, 2.05) is 11.3 Å². The summed E-state index contributed by atoms with van der Waals surface area (Å²) < 4.78 is 9.81. The zero-order valence-corrected chi connectivity index (χ0v) is 33.8. The van der Waals surface area contributed by atoms with Crippen molar-refractivity contribution in [2.75, 3.05) is 9.80 Å². The maximum Gasteiger partial charge on any atom is 0.135 e. The van der Waals surface area contributed by atoms with Gasteiger partial charge in [0.15, 0.2) is 0 Å². The number of benzene rings is 9. The lowest BCUT2D eigenvalue weighted by molar-refractivity contribution is 0.507. The summed E-state index contributed by atoms with van der Waals surface area (Å²) in [6.45, 7) is 0. The highest BCUT2D eigenvalue weighted by molar-refractivity contribution is 7.26. The zero-order chi connectivity index (χ0) is 40.1. The fourth-order valence-electron chi connectivity index (χ4n) is 10.4. The van der Waals surface area contributed by atoms with Crippen molar-refractivity contribution in [3.05, 3.63) is 241 Å². The summed E-state index contributed by atoms with van der Waals surface area (Å²) in [5, 5.41) is 3.70. The summed E-state index contributed by atoms with van der Waals surface area (Å²) in [5.74, 6) is 0.980.